The van der Waals surface area contributed by atoms with Gasteiger partial charge in [-0.1, -0.05) is 23.4 Å². The first-order chi connectivity index (χ1) is 17.6. The molecule has 0 aliphatic carbocycles. The first kappa shape index (κ1) is 26.1. The zero-order valence-electron chi connectivity index (χ0n) is 19.8. The summed E-state index contributed by atoms with van der Waals surface area (Å²) < 4.78 is 0. The number of aromatic nitrogens is 2. The maximum absolute atomic E-state index is 13.0. The van der Waals surface area contributed by atoms with Crippen molar-refractivity contribution in [2.45, 2.75) is 23.2 Å². The molecule has 2 aromatic heterocycles. The molecule has 1 fully saturated rings. The number of rotatable bonds is 11. The maximum atomic E-state index is 13.0. The number of hydrogen-bond donors (Lipinski definition) is 3. The van der Waals surface area contributed by atoms with Gasteiger partial charge in [0.1, 0.15) is 10.4 Å². The molecule has 4 rings (SSSR count). The van der Waals surface area contributed by atoms with Gasteiger partial charge in [0, 0.05) is 42.4 Å². The number of nitrogens with one attached hydrogen (secondary N) is 3. The van der Waals surface area contributed by atoms with Crippen molar-refractivity contribution in [2.24, 2.45) is 0 Å². The number of anilines is 1. The van der Waals surface area contributed by atoms with E-state index in [9.17, 15) is 9.59 Å². The van der Waals surface area contributed by atoms with Crippen molar-refractivity contribution < 1.29 is 9.59 Å². The topological polar surface area (TPSA) is 99.3 Å². The van der Waals surface area contributed by atoms with Crippen LogP contribution in [0.5, 0.6) is 0 Å². The summed E-state index contributed by atoms with van der Waals surface area (Å²) in [7, 11) is 0. The molecule has 0 radical (unpaired) electrons. The molecule has 188 valence electrons. The van der Waals surface area contributed by atoms with Gasteiger partial charge in [-0.2, -0.15) is 0 Å². The fraction of sp³-hybridized carbons (Fsp3) is 0.308. The van der Waals surface area contributed by atoms with Gasteiger partial charge in [0.2, 0.25) is 5.91 Å². The van der Waals surface area contributed by atoms with E-state index >= 15 is 0 Å². The molecule has 1 aliphatic heterocycles. The summed E-state index contributed by atoms with van der Waals surface area (Å²) in [6, 6.07) is 14.0. The van der Waals surface area contributed by atoms with Gasteiger partial charge >= 0.3 is 0 Å². The van der Waals surface area contributed by atoms with Crippen LogP contribution in [0.15, 0.2) is 72.1 Å². The molecule has 8 nitrogen and oxygen atoms in total. The van der Waals surface area contributed by atoms with Crippen LogP contribution in [0.4, 0.5) is 5.69 Å². The number of carbonyl (C=O) groups is 2. The summed E-state index contributed by atoms with van der Waals surface area (Å²) in [6.45, 7) is 4.17. The Morgan fingerprint density at radius 2 is 1.78 bits per heavy atom. The summed E-state index contributed by atoms with van der Waals surface area (Å²) in [5.74, 6) is -0.426. The molecule has 3 aromatic rings. The average Bonchev–Trinajstić information content (AvgIpc) is 3.42. The minimum absolute atomic E-state index is 0.131. The SMILES string of the molecule is O=C(CNCCN1CCCC1)NC(Sc1ncccc1C(=O)Nc1ccc(Cl)cc1)c1ccncc1. The van der Waals surface area contributed by atoms with Crippen LogP contribution >= 0.6 is 23.4 Å². The molecule has 36 heavy (non-hydrogen) atoms. The quantitative estimate of drug-likeness (QED) is 0.198. The number of carbonyl (C=O) groups excluding carboxylic acids is 2. The predicted octanol–water partition coefficient (Wildman–Crippen LogP) is 3.97. The highest BCUT2D eigenvalue weighted by Gasteiger charge is 2.21. The van der Waals surface area contributed by atoms with E-state index in [1.165, 1.54) is 24.6 Å². The average molecular weight is 525 g/mol. The Kier molecular flexibility index (Phi) is 9.68. The number of halogens is 1. The highest BCUT2D eigenvalue weighted by molar-refractivity contribution is 7.99. The monoisotopic (exact) mass is 524 g/mol. The first-order valence-corrected chi connectivity index (χ1v) is 13.2. The second-order valence-corrected chi connectivity index (χ2v) is 9.92. The number of likely N-dealkylation sites (tertiary alicyclic amines) is 1. The summed E-state index contributed by atoms with van der Waals surface area (Å²) in [5, 5.41) is 9.82. The van der Waals surface area contributed by atoms with Crippen molar-refractivity contribution in [1.29, 1.82) is 0 Å². The predicted molar refractivity (Wildman–Crippen MR) is 143 cm³/mol. The Balaban J connectivity index is 1.41. The third-order valence-corrected chi connectivity index (χ3v) is 7.16. The smallest absolute Gasteiger partial charge is 0.258 e. The first-order valence-electron chi connectivity index (χ1n) is 11.9. The minimum Gasteiger partial charge on any atom is -0.339 e. The van der Waals surface area contributed by atoms with Crippen molar-refractivity contribution in [1.82, 2.24) is 25.5 Å². The highest BCUT2D eigenvalue weighted by Crippen LogP contribution is 2.34. The zero-order valence-corrected chi connectivity index (χ0v) is 21.4. The summed E-state index contributed by atoms with van der Waals surface area (Å²) in [4.78, 5) is 36.7. The van der Waals surface area contributed by atoms with E-state index < -0.39 is 5.37 Å². The van der Waals surface area contributed by atoms with Gasteiger partial charge in [-0.05, 0) is 80.0 Å². The van der Waals surface area contributed by atoms with Gasteiger partial charge in [-0.25, -0.2) is 4.98 Å². The van der Waals surface area contributed by atoms with Crippen molar-refractivity contribution in [3.8, 4) is 0 Å². The van der Waals surface area contributed by atoms with E-state index in [2.05, 4.69) is 30.8 Å². The largest absolute Gasteiger partial charge is 0.339 e. The minimum atomic E-state index is -0.446. The Morgan fingerprint density at radius 3 is 2.53 bits per heavy atom. The van der Waals surface area contributed by atoms with Crippen LogP contribution < -0.4 is 16.0 Å². The number of nitrogens with zero attached hydrogens (tertiary/aromatic N) is 3. The Hall–Kier alpha value is -2.98. The van der Waals surface area contributed by atoms with E-state index in [0.29, 0.717) is 21.3 Å². The number of benzene rings is 1. The van der Waals surface area contributed by atoms with E-state index in [-0.39, 0.29) is 18.4 Å². The second-order valence-electron chi connectivity index (χ2n) is 8.39. The molecule has 3 heterocycles. The van der Waals surface area contributed by atoms with Gasteiger partial charge in [0.25, 0.3) is 5.91 Å². The molecule has 2 amide bonds. The van der Waals surface area contributed by atoms with E-state index in [1.54, 1.807) is 55.0 Å². The zero-order chi connectivity index (χ0) is 25.2. The lowest BCUT2D eigenvalue weighted by Gasteiger charge is -2.20. The molecule has 1 aliphatic rings. The van der Waals surface area contributed by atoms with Crippen LogP contribution in [0.2, 0.25) is 5.02 Å². The number of thioether (sulfide) groups is 1. The van der Waals surface area contributed by atoms with Crippen molar-refractivity contribution in [3.63, 3.8) is 0 Å². The second kappa shape index (κ2) is 13.4. The molecular formula is C26H29ClN6O2S. The number of amides is 2. The third-order valence-electron chi connectivity index (χ3n) is 5.74. The third kappa shape index (κ3) is 7.76. The molecule has 1 atom stereocenters. The normalized spacial score (nSPS) is 14.4. The van der Waals surface area contributed by atoms with E-state index in [4.69, 9.17) is 11.6 Å². The fourth-order valence-electron chi connectivity index (χ4n) is 3.86. The lowest BCUT2D eigenvalue weighted by Crippen LogP contribution is -2.38. The molecule has 3 N–H and O–H groups in total. The Labute approximate surface area is 220 Å². The van der Waals surface area contributed by atoms with E-state index in [0.717, 1.165) is 31.7 Å². The van der Waals surface area contributed by atoms with E-state index in [1.807, 2.05) is 12.1 Å². The summed E-state index contributed by atoms with van der Waals surface area (Å²) >= 11 is 7.25. The van der Waals surface area contributed by atoms with Crippen molar-refractivity contribution in [3.05, 3.63) is 83.3 Å². The molecule has 0 bridgehead atoms. The standard InChI is InChI=1S/C26H29ClN6O2S/c27-20-5-7-21(8-6-20)31-24(35)22-4-3-11-30-26(22)36-25(19-9-12-28-13-10-19)32-23(34)18-29-14-17-33-15-1-2-16-33/h3-13,25,29H,1-2,14-18H2,(H,31,35)(H,32,34). The lowest BCUT2D eigenvalue weighted by atomic mass is 10.2. The molecule has 10 heteroatoms. The summed E-state index contributed by atoms with van der Waals surface area (Å²) in [6.07, 6.45) is 7.48. The summed E-state index contributed by atoms with van der Waals surface area (Å²) in [5.41, 5.74) is 1.90. The van der Waals surface area contributed by atoms with Gasteiger partial charge in [0.05, 0.1) is 12.1 Å². The van der Waals surface area contributed by atoms with Gasteiger partial charge < -0.3 is 20.9 Å². The van der Waals surface area contributed by atoms with Crippen LogP contribution in [0, 0.1) is 0 Å². The van der Waals surface area contributed by atoms with Crippen LogP contribution in [0.3, 0.4) is 0 Å². The van der Waals surface area contributed by atoms with Gasteiger partial charge in [-0.15, -0.1) is 0 Å². The molecule has 0 spiro atoms. The van der Waals surface area contributed by atoms with Crippen LogP contribution in [0.1, 0.15) is 34.1 Å². The fourth-order valence-corrected chi connectivity index (χ4v) is 5.10. The van der Waals surface area contributed by atoms with Crippen molar-refractivity contribution >= 4 is 40.9 Å². The molecule has 1 unspecified atom stereocenters. The van der Waals surface area contributed by atoms with Gasteiger partial charge in [0.15, 0.2) is 0 Å². The van der Waals surface area contributed by atoms with Gasteiger partial charge in [-0.3, -0.25) is 14.6 Å². The lowest BCUT2D eigenvalue weighted by molar-refractivity contribution is -0.120. The molecular weight excluding hydrogens is 496 g/mol. The maximum Gasteiger partial charge on any atom is 0.258 e. The molecule has 1 saturated heterocycles. The molecule has 1 aromatic carbocycles. The van der Waals surface area contributed by atoms with Crippen molar-refractivity contribution in [2.75, 3.05) is 38.0 Å². The van der Waals surface area contributed by atoms with Crippen LogP contribution in [-0.4, -0.2) is 59.4 Å². The molecule has 0 saturated carbocycles. The number of pyridine rings is 2. The Bertz CT molecular complexity index is 1140. The Morgan fingerprint density at radius 1 is 1.03 bits per heavy atom. The highest BCUT2D eigenvalue weighted by atomic mass is 35.5. The van der Waals surface area contributed by atoms with Crippen LogP contribution in [-0.2, 0) is 4.79 Å². The number of hydrogen-bond acceptors (Lipinski definition) is 7. The van der Waals surface area contributed by atoms with Crippen LogP contribution in [0.25, 0.3) is 0 Å².